The minimum absolute atomic E-state index is 0.0181. The van der Waals surface area contributed by atoms with E-state index in [0.717, 1.165) is 35.6 Å². The van der Waals surface area contributed by atoms with E-state index in [1.165, 1.54) is 18.3 Å². The highest BCUT2D eigenvalue weighted by molar-refractivity contribution is 7.93. The summed E-state index contributed by atoms with van der Waals surface area (Å²) in [5.74, 6) is -3.10. The standard InChI is InChI=1S/C28H24F3N7O4S3/c1-38(11-9-32)27-36-23(17-4-2-7-20(22(17)31)37-45(41,42)25-18(29)5-3-6-19(25)30)24(43-27)21-8-10-33-26(35-21)34-16-12-28(13-16)14-44(39,40)15-28/h2-8,10,16,37H,11-15H2,1H3,(H,33,34,35). The van der Waals surface area contributed by atoms with Gasteiger partial charge in [0.1, 0.15) is 18.2 Å². The summed E-state index contributed by atoms with van der Waals surface area (Å²) in [6, 6.07) is 9.97. The van der Waals surface area contributed by atoms with Gasteiger partial charge in [0, 0.05) is 30.3 Å². The summed E-state index contributed by atoms with van der Waals surface area (Å²) in [4.78, 5) is 14.1. The van der Waals surface area contributed by atoms with Crippen molar-refractivity contribution in [3.05, 3.63) is 66.1 Å². The maximum absolute atomic E-state index is 16.0. The molecule has 1 aliphatic heterocycles. The van der Waals surface area contributed by atoms with Gasteiger partial charge in [-0.3, -0.25) is 4.72 Å². The van der Waals surface area contributed by atoms with Crippen LogP contribution in [-0.4, -0.2) is 62.9 Å². The number of nitrogens with one attached hydrogen (secondary N) is 2. The van der Waals surface area contributed by atoms with E-state index in [2.05, 4.69) is 20.3 Å². The number of thiazole rings is 1. The smallest absolute Gasteiger partial charge is 0.267 e. The summed E-state index contributed by atoms with van der Waals surface area (Å²) >= 11 is 1.12. The fourth-order valence-electron chi connectivity index (χ4n) is 5.68. The Morgan fingerprint density at radius 1 is 1.09 bits per heavy atom. The van der Waals surface area contributed by atoms with Crippen molar-refractivity contribution in [2.24, 2.45) is 5.41 Å². The third kappa shape index (κ3) is 5.92. The Kier molecular flexibility index (Phi) is 7.70. The summed E-state index contributed by atoms with van der Waals surface area (Å²) in [7, 11) is -6.20. The first-order valence-electron chi connectivity index (χ1n) is 13.4. The Labute approximate surface area is 260 Å². The van der Waals surface area contributed by atoms with Crippen LogP contribution in [0.4, 0.5) is 29.9 Å². The third-order valence-corrected chi connectivity index (χ3v) is 12.3. The van der Waals surface area contributed by atoms with Crippen LogP contribution in [0.3, 0.4) is 0 Å². The van der Waals surface area contributed by atoms with Gasteiger partial charge in [-0.1, -0.05) is 23.5 Å². The molecule has 0 bridgehead atoms. The number of sulfonamides is 1. The number of nitriles is 1. The second-order valence-corrected chi connectivity index (χ2v) is 15.7. The molecule has 0 unspecified atom stereocenters. The lowest BCUT2D eigenvalue weighted by Gasteiger charge is -2.53. The molecule has 17 heteroatoms. The number of anilines is 3. The van der Waals surface area contributed by atoms with Crippen molar-refractivity contribution in [2.75, 3.05) is 40.0 Å². The number of sulfone groups is 1. The van der Waals surface area contributed by atoms with Crippen LogP contribution in [0.1, 0.15) is 12.8 Å². The van der Waals surface area contributed by atoms with Crippen LogP contribution in [0, 0.1) is 34.2 Å². The minimum Gasteiger partial charge on any atom is -0.351 e. The van der Waals surface area contributed by atoms with Gasteiger partial charge in [0.25, 0.3) is 10.0 Å². The van der Waals surface area contributed by atoms with Crippen LogP contribution < -0.4 is 14.9 Å². The molecule has 6 rings (SSSR count). The van der Waals surface area contributed by atoms with Crippen LogP contribution in [0.2, 0.25) is 0 Å². The molecule has 0 amide bonds. The van der Waals surface area contributed by atoms with E-state index in [0.29, 0.717) is 28.5 Å². The van der Waals surface area contributed by atoms with Crippen LogP contribution in [-0.2, 0) is 19.9 Å². The van der Waals surface area contributed by atoms with E-state index >= 15 is 4.39 Å². The molecule has 2 aliphatic rings. The average molecular weight is 676 g/mol. The van der Waals surface area contributed by atoms with Crippen LogP contribution in [0.25, 0.3) is 21.8 Å². The quantitative estimate of drug-likeness (QED) is 0.243. The van der Waals surface area contributed by atoms with Gasteiger partial charge >= 0.3 is 0 Å². The lowest BCUT2D eigenvalue weighted by molar-refractivity contribution is 0.153. The number of hydrogen-bond donors (Lipinski definition) is 2. The second kappa shape index (κ2) is 11.3. The molecule has 0 atom stereocenters. The van der Waals surface area contributed by atoms with E-state index in [1.54, 1.807) is 18.0 Å². The van der Waals surface area contributed by atoms with Gasteiger partial charge in [-0.05, 0) is 43.2 Å². The predicted octanol–water partition coefficient (Wildman–Crippen LogP) is 4.43. The maximum Gasteiger partial charge on any atom is 0.267 e. The fraction of sp³-hybridized carbons (Fsp3) is 0.286. The molecule has 234 valence electrons. The second-order valence-electron chi connectivity index (χ2n) is 11.1. The molecular formula is C28H24F3N7O4S3. The topological polar surface area (TPSA) is 158 Å². The molecule has 1 saturated heterocycles. The van der Waals surface area contributed by atoms with Gasteiger partial charge in [0.2, 0.25) is 5.95 Å². The Balaban J connectivity index is 1.34. The normalized spacial score (nSPS) is 16.8. The zero-order valence-corrected chi connectivity index (χ0v) is 25.9. The predicted molar refractivity (Wildman–Crippen MR) is 162 cm³/mol. The highest BCUT2D eigenvalue weighted by atomic mass is 32.2. The van der Waals surface area contributed by atoms with Gasteiger partial charge in [0.15, 0.2) is 25.7 Å². The summed E-state index contributed by atoms with van der Waals surface area (Å²) in [6.07, 6.45) is 2.83. The Morgan fingerprint density at radius 3 is 2.44 bits per heavy atom. The number of aromatic nitrogens is 3. The zero-order chi connectivity index (χ0) is 32.1. The van der Waals surface area contributed by atoms with Crippen molar-refractivity contribution in [1.29, 1.82) is 5.26 Å². The zero-order valence-electron chi connectivity index (χ0n) is 23.5. The first-order valence-corrected chi connectivity index (χ1v) is 17.6. The van der Waals surface area contributed by atoms with Crippen LogP contribution >= 0.6 is 11.3 Å². The van der Waals surface area contributed by atoms with Crippen molar-refractivity contribution >= 4 is 48.0 Å². The van der Waals surface area contributed by atoms with Crippen LogP contribution in [0.15, 0.2) is 53.6 Å². The van der Waals surface area contributed by atoms with Gasteiger partial charge in [-0.2, -0.15) is 5.26 Å². The van der Waals surface area contributed by atoms with E-state index in [4.69, 9.17) is 0 Å². The lowest BCUT2D eigenvalue weighted by atomic mass is 9.67. The number of rotatable bonds is 9. The van der Waals surface area contributed by atoms with E-state index in [-0.39, 0.29) is 46.7 Å². The lowest BCUT2D eigenvalue weighted by Crippen LogP contribution is -2.60. The molecule has 1 aliphatic carbocycles. The summed E-state index contributed by atoms with van der Waals surface area (Å²) in [6.45, 7) is -0.0291. The number of halogens is 3. The molecule has 2 fully saturated rings. The average Bonchev–Trinajstić information content (AvgIpc) is 3.38. The Morgan fingerprint density at radius 2 is 1.78 bits per heavy atom. The molecule has 1 saturated carbocycles. The molecule has 3 heterocycles. The largest absolute Gasteiger partial charge is 0.351 e. The number of nitrogens with zero attached hydrogens (tertiary/aromatic N) is 5. The molecule has 2 N–H and O–H groups in total. The number of benzene rings is 2. The van der Waals surface area contributed by atoms with Gasteiger partial charge in [-0.15, -0.1) is 0 Å². The summed E-state index contributed by atoms with van der Waals surface area (Å²) in [5, 5.41) is 12.8. The molecule has 45 heavy (non-hydrogen) atoms. The summed E-state index contributed by atoms with van der Waals surface area (Å²) < 4.78 is 95.6. The van der Waals surface area contributed by atoms with E-state index in [9.17, 15) is 30.9 Å². The fourth-order valence-corrected chi connectivity index (χ4v) is 10.1. The van der Waals surface area contributed by atoms with Crippen LogP contribution in [0.5, 0.6) is 0 Å². The van der Waals surface area contributed by atoms with Crippen molar-refractivity contribution < 1.29 is 30.0 Å². The third-order valence-electron chi connectivity index (χ3n) is 7.57. The van der Waals surface area contributed by atoms with Crippen molar-refractivity contribution in [1.82, 2.24) is 15.0 Å². The number of hydrogen-bond acceptors (Lipinski definition) is 11. The van der Waals surface area contributed by atoms with Gasteiger partial charge < -0.3 is 10.2 Å². The minimum atomic E-state index is -4.87. The highest BCUT2D eigenvalue weighted by Gasteiger charge is 2.56. The monoisotopic (exact) mass is 675 g/mol. The van der Waals surface area contributed by atoms with Crippen molar-refractivity contribution in [3.8, 4) is 27.9 Å². The first kappa shape index (κ1) is 30.7. The van der Waals surface area contributed by atoms with E-state index < -0.39 is 47.9 Å². The Hall–Kier alpha value is -4.27. The molecule has 0 radical (unpaired) electrons. The molecule has 1 spiro atoms. The first-order chi connectivity index (χ1) is 21.3. The molecule has 2 aromatic heterocycles. The van der Waals surface area contributed by atoms with Gasteiger partial charge in [0.05, 0.1) is 39.5 Å². The highest BCUT2D eigenvalue weighted by Crippen LogP contribution is 2.50. The summed E-state index contributed by atoms with van der Waals surface area (Å²) in [5.41, 5.74) is -0.449. The maximum atomic E-state index is 16.0. The van der Waals surface area contributed by atoms with Crippen molar-refractivity contribution in [2.45, 2.75) is 23.8 Å². The Bertz CT molecular complexity index is 2040. The molecule has 11 nitrogen and oxygen atoms in total. The van der Waals surface area contributed by atoms with Gasteiger partial charge in [-0.25, -0.2) is 45.0 Å². The molecule has 2 aromatic carbocycles. The molecule has 4 aromatic rings. The molecular weight excluding hydrogens is 652 g/mol. The SMILES string of the molecule is CN(CC#N)c1nc(-c2cccc(NS(=O)(=O)c3c(F)cccc3F)c2F)c(-c2ccnc(NC3CC4(C3)CS(=O)(=O)C4)n2)s1. The van der Waals surface area contributed by atoms with E-state index in [1.807, 2.05) is 10.8 Å². The van der Waals surface area contributed by atoms with Crippen molar-refractivity contribution in [3.63, 3.8) is 0 Å².